The van der Waals surface area contributed by atoms with Crippen molar-refractivity contribution in [2.24, 2.45) is 5.73 Å². The molecule has 2 amide bonds. The summed E-state index contributed by atoms with van der Waals surface area (Å²) in [4.78, 5) is 55.0. The van der Waals surface area contributed by atoms with E-state index in [2.05, 4.69) is 0 Å². The predicted octanol–water partition coefficient (Wildman–Crippen LogP) is -0.241. The number of carbonyl (C=O) groups excluding carboxylic acids is 3. The molecule has 3 rings (SSSR count). The van der Waals surface area contributed by atoms with Crippen LogP contribution in [0.1, 0.15) is 25.3 Å². The van der Waals surface area contributed by atoms with Crippen LogP contribution in [-0.2, 0) is 35.3 Å². The Morgan fingerprint density at radius 2 is 2.07 bits per heavy atom. The van der Waals surface area contributed by atoms with Crippen LogP contribution in [-0.4, -0.2) is 52.3 Å². The van der Waals surface area contributed by atoms with Gasteiger partial charge < -0.3 is 15.6 Å². The smallest absolute Gasteiger partial charge is 0.372 e. The predicted molar refractivity (Wildman–Crippen MR) is 89.8 cm³/mol. The van der Waals surface area contributed by atoms with Gasteiger partial charge in [0.05, 0.1) is 6.42 Å². The summed E-state index contributed by atoms with van der Waals surface area (Å²) < 4.78 is 4.92. The molecule has 0 saturated carbocycles. The molecule has 3 N–H and O–H groups in total. The fourth-order valence-corrected chi connectivity index (χ4v) is 3.30. The van der Waals surface area contributed by atoms with Crippen LogP contribution in [0.3, 0.4) is 0 Å². The Morgan fingerprint density at radius 3 is 2.63 bits per heavy atom. The Labute approximate surface area is 154 Å². The monoisotopic (exact) mass is 377 g/mol. The van der Waals surface area contributed by atoms with E-state index in [1.807, 2.05) is 0 Å². The van der Waals surface area contributed by atoms with E-state index in [0.717, 1.165) is 0 Å². The Bertz CT molecular complexity index is 811. The first-order chi connectivity index (χ1) is 12.8. The van der Waals surface area contributed by atoms with Crippen molar-refractivity contribution >= 4 is 29.4 Å². The van der Waals surface area contributed by atoms with Gasteiger partial charge in [-0.15, -0.1) is 0 Å². The summed E-state index contributed by atoms with van der Waals surface area (Å²) >= 11 is 0. The number of carboxylic acid groups (broad SMARTS) is 1. The van der Waals surface area contributed by atoms with E-state index in [1.165, 1.54) is 11.8 Å². The Kier molecular flexibility index (Phi) is 4.85. The summed E-state index contributed by atoms with van der Waals surface area (Å²) in [7, 11) is 0. The number of hydrogen-bond acceptors (Lipinski definition) is 7. The number of carboxylic acids is 1. The molecule has 2 aliphatic heterocycles. The number of anilines is 1. The third kappa shape index (κ3) is 3.02. The number of rotatable bonds is 5. The summed E-state index contributed by atoms with van der Waals surface area (Å²) in [6.07, 6.45) is -0.393. The molecule has 1 aromatic rings. The van der Waals surface area contributed by atoms with Crippen molar-refractivity contribution in [2.45, 2.75) is 38.1 Å². The zero-order valence-electron chi connectivity index (χ0n) is 14.6. The third-order valence-corrected chi connectivity index (χ3v) is 4.58. The highest BCUT2D eigenvalue weighted by atomic mass is 16.7. The van der Waals surface area contributed by atoms with Gasteiger partial charge in [-0.3, -0.25) is 24.1 Å². The topological polar surface area (TPSA) is 139 Å². The van der Waals surface area contributed by atoms with Crippen molar-refractivity contribution in [3.63, 3.8) is 0 Å². The largest absolute Gasteiger partial charge is 0.477 e. The molecule has 2 atom stereocenters. The van der Waals surface area contributed by atoms with E-state index < -0.39 is 35.5 Å². The number of aliphatic carboxylic acids is 1. The van der Waals surface area contributed by atoms with Crippen molar-refractivity contribution in [3.05, 3.63) is 29.8 Å². The van der Waals surface area contributed by atoms with Crippen molar-refractivity contribution in [3.8, 4) is 0 Å². The molecule has 2 heterocycles. The zero-order valence-corrected chi connectivity index (χ0v) is 14.6. The van der Waals surface area contributed by atoms with Crippen LogP contribution in [0.15, 0.2) is 24.3 Å². The van der Waals surface area contributed by atoms with Gasteiger partial charge >= 0.3 is 17.7 Å². The molecule has 0 radical (unpaired) electrons. The SMILES string of the molecule is CC(=O)N(c1ccccc1CN)C1CON(C2(C(=O)O)CCC(=O)O2)C1=O. The Morgan fingerprint density at radius 1 is 1.37 bits per heavy atom. The molecule has 0 spiro atoms. The first-order valence-electron chi connectivity index (χ1n) is 8.32. The molecule has 2 aliphatic rings. The van der Waals surface area contributed by atoms with Crippen molar-refractivity contribution < 1.29 is 33.9 Å². The molecule has 1 aromatic carbocycles. The van der Waals surface area contributed by atoms with Gasteiger partial charge in [0.2, 0.25) is 5.91 Å². The summed E-state index contributed by atoms with van der Waals surface area (Å²) in [5.41, 5.74) is 4.57. The number of para-hydroxylation sites is 1. The molecular weight excluding hydrogens is 358 g/mol. The number of amides is 2. The first kappa shape index (κ1) is 18.8. The average Bonchev–Trinajstić information content (AvgIpc) is 3.20. The second kappa shape index (κ2) is 6.97. The van der Waals surface area contributed by atoms with E-state index in [-0.39, 0.29) is 26.0 Å². The zero-order chi connectivity index (χ0) is 19.8. The highest BCUT2D eigenvalue weighted by molar-refractivity contribution is 6.02. The van der Waals surface area contributed by atoms with Crippen LogP contribution >= 0.6 is 0 Å². The van der Waals surface area contributed by atoms with Gasteiger partial charge in [0.25, 0.3) is 5.91 Å². The van der Waals surface area contributed by atoms with Crippen LogP contribution in [0.2, 0.25) is 0 Å². The average molecular weight is 377 g/mol. The lowest BCUT2D eigenvalue weighted by molar-refractivity contribution is -0.256. The standard InChI is InChI=1S/C17H19N3O7/c1-10(21)19(12-5-3-2-4-11(12)8-18)13-9-26-20(15(13)23)17(16(24)25)7-6-14(22)27-17/h2-5,13H,6-9,18H2,1H3,(H,24,25). The van der Waals surface area contributed by atoms with E-state index in [9.17, 15) is 24.3 Å². The van der Waals surface area contributed by atoms with Crippen LogP contribution in [0, 0.1) is 0 Å². The van der Waals surface area contributed by atoms with E-state index in [1.54, 1.807) is 24.3 Å². The molecule has 2 saturated heterocycles. The van der Waals surface area contributed by atoms with Gasteiger partial charge in [0.1, 0.15) is 12.6 Å². The molecule has 27 heavy (non-hydrogen) atoms. The number of benzene rings is 1. The van der Waals surface area contributed by atoms with Crippen molar-refractivity contribution in [2.75, 3.05) is 11.5 Å². The maximum absolute atomic E-state index is 12.9. The Hall–Kier alpha value is -2.98. The second-order valence-corrected chi connectivity index (χ2v) is 6.23. The van der Waals surface area contributed by atoms with E-state index in [4.69, 9.17) is 15.3 Å². The van der Waals surface area contributed by atoms with Crippen LogP contribution in [0.4, 0.5) is 5.69 Å². The number of esters is 1. The second-order valence-electron chi connectivity index (χ2n) is 6.23. The fraction of sp³-hybridized carbons (Fsp3) is 0.412. The lowest BCUT2D eigenvalue weighted by Gasteiger charge is -2.32. The lowest BCUT2D eigenvalue weighted by Crippen LogP contribution is -2.57. The number of cyclic esters (lactones) is 1. The normalized spacial score (nSPS) is 24.8. The van der Waals surface area contributed by atoms with Crippen LogP contribution in [0.5, 0.6) is 0 Å². The number of nitrogens with two attached hydrogens (primary N) is 1. The Balaban J connectivity index is 1.96. The summed E-state index contributed by atoms with van der Waals surface area (Å²) in [6, 6.07) is 5.70. The molecule has 144 valence electrons. The lowest BCUT2D eigenvalue weighted by atomic mass is 10.1. The maximum Gasteiger partial charge on any atom is 0.372 e. The summed E-state index contributed by atoms with van der Waals surface area (Å²) in [6.45, 7) is 1.15. The molecule has 0 aliphatic carbocycles. The summed E-state index contributed by atoms with van der Waals surface area (Å²) in [5.74, 6) is -3.48. The van der Waals surface area contributed by atoms with Gasteiger partial charge in [0, 0.05) is 25.6 Å². The molecular formula is C17H19N3O7. The molecule has 10 heteroatoms. The molecule has 2 unspecified atom stereocenters. The number of ether oxygens (including phenoxy) is 1. The van der Waals surface area contributed by atoms with Crippen molar-refractivity contribution in [1.29, 1.82) is 0 Å². The molecule has 2 fully saturated rings. The minimum Gasteiger partial charge on any atom is -0.477 e. The highest BCUT2D eigenvalue weighted by Gasteiger charge is 2.60. The minimum absolute atomic E-state index is 0.141. The number of hydrogen-bond donors (Lipinski definition) is 2. The molecule has 0 aromatic heterocycles. The third-order valence-electron chi connectivity index (χ3n) is 4.58. The molecule has 10 nitrogen and oxygen atoms in total. The number of carbonyl (C=O) groups is 4. The van der Waals surface area contributed by atoms with Crippen molar-refractivity contribution in [1.82, 2.24) is 5.06 Å². The van der Waals surface area contributed by atoms with E-state index in [0.29, 0.717) is 16.3 Å². The van der Waals surface area contributed by atoms with Gasteiger partial charge in [-0.1, -0.05) is 18.2 Å². The van der Waals surface area contributed by atoms with Gasteiger partial charge in [-0.05, 0) is 11.6 Å². The quantitative estimate of drug-likeness (QED) is 0.670. The molecule has 0 bridgehead atoms. The summed E-state index contributed by atoms with van der Waals surface area (Å²) in [5, 5.41) is 10.1. The first-order valence-corrected chi connectivity index (χ1v) is 8.32. The fourth-order valence-electron chi connectivity index (χ4n) is 3.30. The highest BCUT2D eigenvalue weighted by Crippen LogP contribution is 2.36. The minimum atomic E-state index is -2.22. The van der Waals surface area contributed by atoms with Gasteiger partial charge in [-0.25, -0.2) is 4.79 Å². The van der Waals surface area contributed by atoms with E-state index >= 15 is 0 Å². The number of hydroxylamine groups is 2. The van der Waals surface area contributed by atoms with Gasteiger partial charge in [0.15, 0.2) is 0 Å². The van der Waals surface area contributed by atoms with Gasteiger partial charge in [-0.2, -0.15) is 5.06 Å². The van der Waals surface area contributed by atoms with Crippen LogP contribution < -0.4 is 10.6 Å². The maximum atomic E-state index is 12.9. The number of nitrogens with zero attached hydrogens (tertiary/aromatic N) is 2. The van der Waals surface area contributed by atoms with Crippen LogP contribution in [0.25, 0.3) is 0 Å².